The fourth-order valence-corrected chi connectivity index (χ4v) is 2.59. The number of carbonyl (C=O) groups excluding carboxylic acids is 1. The van der Waals surface area contributed by atoms with Crippen LogP contribution >= 0.6 is 11.3 Å². The molecule has 0 aliphatic heterocycles. The third-order valence-corrected chi connectivity index (χ3v) is 3.87. The molecule has 4 nitrogen and oxygen atoms in total. The van der Waals surface area contributed by atoms with Crippen LogP contribution in [0, 0.1) is 12.7 Å². The fourth-order valence-electron chi connectivity index (χ4n) is 1.63. The number of nitrogens with zero attached hydrogens (tertiary/aromatic N) is 2. The highest BCUT2D eigenvalue weighted by Gasteiger charge is 2.19. The summed E-state index contributed by atoms with van der Waals surface area (Å²) in [6, 6.07) is 6.41. The zero-order valence-corrected chi connectivity index (χ0v) is 11.6. The van der Waals surface area contributed by atoms with Gasteiger partial charge in [-0.2, -0.15) is 0 Å². The van der Waals surface area contributed by atoms with Gasteiger partial charge in [0.2, 0.25) is 0 Å². The van der Waals surface area contributed by atoms with E-state index in [-0.39, 0.29) is 5.82 Å². The molecule has 0 radical (unpaired) electrons. The van der Waals surface area contributed by atoms with Crippen LogP contribution in [0.15, 0.2) is 24.3 Å². The predicted octanol–water partition coefficient (Wildman–Crippen LogP) is 3.15. The highest BCUT2D eigenvalue weighted by atomic mass is 32.1. The highest BCUT2D eigenvalue weighted by Crippen LogP contribution is 2.31. The number of benzene rings is 1. The Kier molecular flexibility index (Phi) is 3.80. The van der Waals surface area contributed by atoms with Crippen LogP contribution in [0.1, 0.15) is 15.4 Å². The molecule has 0 aliphatic rings. The van der Waals surface area contributed by atoms with Crippen LogP contribution in [0.2, 0.25) is 0 Å². The van der Waals surface area contributed by atoms with E-state index in [9.17, 15) is 9.18 Å². The standard InChI is InChI=1S/C13H13FN2O2S/c1-8-11(12(17)18-3)19-13(15-8)16(2)10-7-5-4-6-9(10)14/h4-7H,1-3H3. The molecule has 0 saturated carbocycles. The third kappa shape index (κ3) is 2.58. The van der Waals surface area contributed by atoms with E-state index < -0.39 is 5.97 Å². The summed E-state index contributed by atoms with van der Waals surface area (Å²) in [6.07, 6.45) is 0. The minimum Gasteiger partial charge on any atom is -0.465 e. The van der Waals surface area contributed by atoms with Gasteiger partial charge in [-0.05, 0) is 19.1 Å². The second kappa shape index (κ2) is 5.36. The first-order valence-corrected chi connectivity index (χ1v) is 6.40. The molecule has 0 amide bonds. The Balaban J connectivity index is 2.38. The van der Waals surface area contributed by atoms with Gasteiger partial charge in [0.25, 0.3) is 0 Å². The quantitative estimate of drug-likeness (QED) is 0.810. The number of thiazole rings is 1. The van der Waals surface area contributed by atoms with E-state index in [0.717, 1.165) is 0 Å². The summed E-state index contributed by atoms with van der Waals surface area (Å²) in [5, 5.41) is 0.544. The lowest BCUT2D eigenvalue weighted by Gasteiger charge is -2.16. The third-order valence-electron chi connectivity index (χ3n) is 2.66. The number of hydrogen-bond donors (Lipinski definition) is 0. The Morgan fingerprint density at radius 3 is 2.74 bits per heavy atom. The van der Waals surface area contributed by atoms with Crippen LogP contribution in [0.3, 0.4) is 0 Å². The lowest BCUT2D eigenvalue weighted by atomic mass is 10.3. The van der Waals surface area contributed by atoms with Crippen molar-refractivity contribution in [3.8, 4) is 0 Å². The number of aromatic nitrogens is 1. The van der Waals surface area contributed by atoms with Crippen molar-refractivity contribution in [2.45, 2.75) is 6.92 Å². The van der Waals surface area contributed by atoms with E-state index in [2.05, 4.69) is 9.72 Å². The van der Waals surface area contributed by atoms with Gasteiger partial charge in [-0.1, -0.05) is 23.5 Å². The lowest BCUT2D eigenvalue weighted by molar-refractivity contribution is 0.0605. The predicted molar refractivity (Wildman–Crippen MR) is 72.7 cm³/mol. The number of aryl methyl sites for hydroxylation is 1. The van der Waals surface area contributed by atoms with Gasteiger partial charge < -0.3 is 9.64 Å². The van der Waals surface area contributed by atoms with Crippen LogP contribution in [0.4, 0.5) is 15.2 Å². The molecule has 0 bridgehead atoms. The Morgan fingerprint density at radius 2 is 2.11 bits per heavy atom. The molecule has 2 aromatic rings. The summed E-state index contributed by atoms with van der Waals surface area (Å²) in [5.41, 5.74) is 0.989. The Morgan fingerprint density at radius 1 is 1.42 bits per heavy atom. The van der Waals surface area contributed by atoms with Crippen molar-refractivity contribution in [2.24, 2.45) is 0 Å². The van der Waals surface area contributed by atoms with Gasteiger partial charge in [0.1, 0.15) is 10.7 Å². The molecular formula is C13H13FN2O2S. The van der Waals surface area contributed by atoms with Gasteiger partial charge >= 0.3 is 5.97 Å². The first-order valence-electron chi connectivity index (χ1n) is 5.58. The fraction of sp³-hybridized carbons (Fsp3) is 0.231. The van der Waals surface area contributed by atoms with E-state index in [1.807, 2.05) is 0 Å². The molecule has 0 aliphatic carbocycles. The first kappa shape index (κ1) is 13.5. The van der Waals surface area contributed by atoms with Crippen LogP contribution in [0.5, 0.6) is 0 Å². The van der Waals surface area contributed by atoms with Crippen molar-refractivity contribution in [2.75, 3.05) is 19.1 Å². The highest BCUT2D eigenvalue weighted by molar-refractivity contribution is 7.17. The van der Waals surface area contributed by atoms with Crippen molar-refractivity contribution >= 4 is 28.1 Å². The maximum absolute atomic E-state index is 13.7. The van der Waals surface area contributed by atoms with E-state index in [0.29, 0.717) is 21.4 Å². The summed E-state index contributed by atoms with van der Waals surface area (Å²) in [4.78, 5) is 17.8. The van der Waals surface area contributed by atoms with E-state index in [4.69, 9.17) is 0 Å². The van der Waals surface area contributed by atoms with Gasteiger partial charge in [-0.3, -0.25) is 0 Å². The number of hydrogen-bond acceptors (Lipinski definition) is 5. The number of para-hydroxylation sites is 1. The van der Waals surface area contributed by atoms with E-state index >= 15 is 0 Å². The number of carbonyl (C=O) groups is 1. The molecule has 1 aromatic heterocycles. The maximum atomic E-state index is 13.7. The molecular weight excluding hydrogens is 267 g/mol. The summed E-state index contributed by atoms with van der Waals surface area (Å²) in [5.74, 6) is -0.763. The molecule has 0 atom stereocenters. The summed E-state index contributed by atoms with van der Waals surface area (Å²) in [7, 11) is 3.03. The molecule has 1 heterocycles. The number of ether oxygens (including phenoxy) is 1. The number of rotatable bonds is 3. The smallest absolute Gasteiger partial charge is 0.350 e. The van der Waals surface area contributed by atoms with Gasteiger partial charge in [0.15, 0.2) is 5.13 Å². The van der Waals surface area contributed by atoms with E-state index in [1.54, 1.807) is 37.1 Å². The molecule has 2 rings (SSSR count). The minimum absolute atomic E-state index is 0.336. The molecule has 1 aromatic carbocycles. The van der Waals surface area contributed by atoms with Crippen LogP contribution < -0.4 is 4.90 Å². The monoisotopic (exact) mass is 280 g/mol. The normalized spacial score (nSPS) is 10.3. The van der Waals surface area contributed by atoms with E-state index in [1.165, 1.54) is 24.5 Å². The largest absolute Gasteiger partial charge is 0.465 e. The Bertz CT molecular complexity index is 612. The zero-order valence-electron chi connectivity index (χ0n) is 10.8. The van der Waals surface area contributed by atoms with Crippen molar-refractivity contribution < 1.29 is 13.9 Å². The van der Waals surface area contributed by atoms with Gasteiger partial charge in [-0.25, -0.2) is 14.2 Å². The molecule has 0 saturated heterocycles. The average Bonchev–Trinajstić information content (AvgIpc) is 2.80. The van der Waals surface area contributed by atoms with Crippen molar-refractivity contribution in [3.05, 3.63) is 40.7 Å². The van der Waals surface area contributed by atoms with Gasteiger partial charge in [0.05, 0.1) is 18.5 Å². The molecule has 0 spiro atoms. The minimum atomic E-state index is -0.428. The second-order valence-electron chi connectivity index (χ2n) is 3.91. The second-order valence-corrected chi connectivity index (χ2v) is 4.89. The summed E-state index contributed by atoms with van der Waals surface area (Å²) in [6.45, 7) is 1.72. The van der Waals surface area contributed by atoms with Gasteiger partial charge in [-0.15, -0.1) is 0 Å². The maximum Gasteiger partial charge on any atom is 0.350 e. The number of esters is 1. The lowest BCUT2D eigenvalue weighted by Crippen LogP contribution is -2.10. The molecule has 6 heteroatoms. The first-order chi connectivity index (χ1) is 9.04. The van der Waals surface area contributed by atoms with Crippen molar-refractivity contribution in [3.63, 3.8) is 0 Å². The topological polar surface area (TPSA) is 42.4 Å². The van der Waals surface area contributed by atoms with Crippen LogP contribution in [-0.2, 0) is 4.74 Å². The number of anilines is 2. The molecule has 100 valence electrons. The SMILES string of the molecule is COC(=O)c1sc(N(C)c2ccccc2F)nc1C. The van der Waals surface area contributed by atoms with Crippen LogP contribution in [0.25, 0.3) is 0 Å². The molecule has 0 N–H and O–H groups in total. The van der Waals surface area contributed by atoms with Crippen molar-refractivity contribution in [1.82, 2.24) is 4.98 Å². The number of methoxy groups -OCH3 is 1. The van der Waals surface area contributed by atoms with Gasteiger partial charge in [0, 0.05) is 7.05 Å². The molecule has 0 fully saturated rings. The molecule has 0 unspecified atom stereocenters. The Hall–Kier alpha value is -1.95. The van der Waals surface area contributed by atoms with Crippen LogP contribution in [-0.4, -0.2) is 25.1 Å². The molecule has 19 heavy (non-hydrogen) atoms. The van der Waals surface area contributed by atoms with Crippen molar-refractivity contribution in [1.29, 1.82) is 0 Å². The average molecular weight is 280 g/mol. The summed E-state index contributed by atoms with van der Waals surface area (Å²) < 4.78 is 18.4. The number of halogens is 1. The summed E-state index contributed by atoms with van der Waals surface area (Å²) >= 11 is 1.18. The zero-order chi connectivity index (χ0) is 14.0. The Labute approximate surface area is 114 Å².